The van der Waals surface area contributed by atoms with Gasteiger partial charge in [-0.05, 0) is 12.8 Å². The summed E-state index contributed by atoms with van der Waals surface area (Å²) in [5.74, 6) is 0. The van der Waals surface area contributed by atoms with Gasteiger partial charge in [-0.15, -0.1) is 11.6 Å². The molecule has 0 aliphatic carbocycles. The molecule has 0 aromatic heterocycles. The van der Waals surface area contributed by atoms with Gasteiger partial charge >= 0.3 is 0 Å². The van der Waals surface area contributed by atoms with Crippen LogP contribution in [0.4, 0.5) is 0 Å². The minimum absolute atomic E-state index is 0.441. The fraction of sp³-hybridized carbons (Fsp3) is 1.00. The van der Waals surface area contributed by atoms with E-state index in [1.54, 1.807) is 0 Å². The lowest BCUT2D eigenvalue weighted by molar-refractivity contribution is 0.577. The molecule has 0 nitrogen and oxygen atoms in total. The Morgan fingerprint density at radius 1 is 0.526 bits per heavy atom. The molecule has 0 bridgehead atoms. The van der Waals surface area contributed by atoms with Gasteiger partial charge in [-0.1, -0.05) is 98.3 Å². The van der Waals surface area contributed by atoms with Crippen LogP contribution in [0.1, 0.15) is 111 Å². The molecule has 1 atom stereocenters. The van der Waals surface area contributed by atoms with Gasteiger partial charge in [-0.2, -0.15) is 0 Å². The zero-order valence-electron chi connectivity index (χ0n) is 14.1. The van der Waals surface area contributed by atoms with Crippen LogP contribution in [0.15, 0.2) is 0 Å². The molecular formula is C18H39Cl. The van der Waals surface area contributed by atoms with Crippen molar-refractivity contribution in [3.63, 3.8) is 0 Å². The normalized spacial score (nSPS) is 11.8. The third-order valence-corrected chi connectivity index (χ3v) is 3.87. The van der Waals surface area contributed by atoms with Gasteiger partial charge in [-0.3, -0.25) is 0 Å². The summed E-state index contributed by atoms with van der Waals surface area (Å²) in [4.78, 5) is 0. The van der Waals surface area contributed by atoms with Gasteiger partial charge in [0.1, 0.15) is 0 Å². The van der Waals surface area contributed by atoms with E-state index in [1.807, 2.05) is 0 Å². The molecule has 0 spiro atoms. The van der Waals surface area contributed by atoms with Crippen molar-refractivity contribution < 1.29 is 0 Å². The number of alkyl halides is 1. The highest BCUT2D eigenvalue weighted by molar-refractivity contribution is 6.20. The maximum atomic E-state index is 6.09. The molecule has 1 unspecified atom stereocenters. The van der Waals surface area contributed by atoms with E-state index in [1.165, 1.54) is 83.5 Å². The van der Waals surface area contributed by atoms with Crippen molar-refractivity contribution in [3.8, 4) is 0 Å². The predicted molar refractivity (Wildman–Crippen MR) is 92.4 cm³/mol. The molecule has 0 aliphatic rings. The van der Waals surface area contributed by atoms with Crippen molar-refractivity contribution in [3.05, 3.63) is 0 Å². The third kappa shape index (κ3) is 23.8. The average molecular weight is 291 g/mol. The van der Waals surface area contributed by atoms with E-state index in [-0.39, 0.29) is 0 Å². The van der Waals surface area contributed by atoms with Gasteiger partial charge in [0.2, 0.25) is 0 Å². The molecule has 0 saturated carbocycles. The number of unbranched alkanes of at least 4 members (excludes halogenated alkanes) is 8. The largest absolute Gasteiger partial charge is 0.123 e. The summed E-state index contributed by atoms with van der Waals surface area (Å²) in [7, 11) is 0. The lowest BCUT2D eigenvalue weighted by Gasteiger charge is -2.06. The van der Waals surface area contributed by atoms with E-state index < -0.39 is 0 Å². The van der Waals surface area contributed by atoms with Crippen LogP contribution < -0.4 is 0 Å². The smallest absolute Gasteiger partial charge is 0.0336 e. The first-order valence-corrected chi connectivity index (χ1v) is 9.30. The van der Waals surface area contributed by atoms with Gasteiger partial charge in [0, 0.05) is 5.38 Å². The predicted octanol–water partition coefficient (Wildman–Crippen LogP) is 7.73. The Hall–Kier alpha value is 0.290. The zero-order valence-corrected chi connectivity index (χ0v) is 14.9. The van der Waals surface area contributed by atoms with Gasteiger partial charge in [0.15, 0.2) is 0 Å². The maximum Gasteiger partial charge on any atom is 0.0336 e. The highest BCUT2D eigenvalue weighted by Gasteiger charge is 2.01. The van der Waals surface area contributed by atoms with E-state index in [0.29, 0.717) is 5.38 Å². The molecule has 0 amide bonds. The topological polar surface area (TPSA) is 0 Å². The third-order valence-electron chi connectivity index (χ3n) is 3.43. The monoisotopic (exact) mass is 290 g/mol. The molecular weight excluding hydrogens is 252 g/mol. The first-order valence-electron chi connectivity index (χ1n) is 8.86. The SMILES string of the molecule is CCCCCCC.CCCCCCCC(Cl)CCC. The lowest BCUT2D eigenvalue weighted by Crippen LogP contribution is -1.96. The first-order chi connectivity index (χ1) is 9.22. The van der Waals surface area contributed by atoms with Crippen LogP contribution in [-0.4, -0.2) is 5.38 Å². The molecule has 0 rings (SSSR count). The fourth-order valence-electron chi connectivity index (χ4n) is 2.10. The molecule has 0 fully saturated rings. The molecule has 19 heavy (non-hydrogen) atoms. The number of hydrogen-bond acceptors (Lipinski definition) is 0. The molecule has 0 saturated heterocycles. The Bertz CT molecular complexity index is 130. The van der Waals surface area contributed by atoms with Crippen LogP contribution in [0.2, 0.25) is 0 Å². The van der Waals surface area contributed by atoms with Crippen molar-refractivity contribution >= 4 is 11.6 Å². The van der Waals surface area contributed by atoms with Gasteiger partial charge in [0.25, 0.3) is 0 Å². The number of hydrogen-bond donors (Lipinski definition) is 0. The summed E-state index contributed by atoms with van der Waals surface area (Å²) in [5.41, 5.74) is 0. The number of halogens is 1. The van der Waals surface area contributed by atoms with E-state index in [0.717, 1.165) is 0 Å². The summed E-state index contributed by atoms with van der Waals surface area (Å²) < 4.78 is 0. The highest BCUT2D eigenvalue weighted by atomic mass is 35.5. The Morgan fingerprint density at radius 2 is 0.947 bits per heavy atom. The van der Waals surface area contributed by atoms with Crippen LogP contribution in [0.5, 0.6) is 0 Å². The molecule has 0 aromatic rings. The Kier molecular flexibility index (Phi) is 23.4. The van der Waals surface area contributed by atoms with Crippen LogP contribution in [0.25, 0.3) is 0 Å². The van der Waals surface area contributed by atoms with Crippen molar-refractivity contribution in [2.45, 2.75) is 117 Å². The quantitative estimate of drug-likeness (QED) is 0.255. The maximum absolute atomic E-state index is 6.09. The minimum Gasteiger partial charge on any atom is -0.123 e. The molecule has 0 heterocycles. The fourth-order valence-corrected chi connectivity index (χ4v) is 2.48. The van der Waals surface area contributed by atoms with Gasteiger partial charge in [-0.25, -0.2) is 0 Å². The van der Waals surface area contributed by atoms with Crippen molar-refractivity contribution in [1.82, 2.24) is 0 Å². The minimum atomic E-state index is 0.441. The van der Waals surface area contributed by atoms with Crippen LogP contribution in [0, 0.1) is 0 Å². The molecule has 0 aromatic carbocycles. The van der Waals surface area contributed by atoms with Crippen molar-refractivity contribution in [2.24, 2.45) is 0 Å². The van der Waals surface area contributed by atoms with Crippen LogP contribution in [0.3, 0.4) is 0 Å². The molecule has 0 aliphatic heterocycles. The summed E-state index contributed by atoms with van der Waals surface area (Å²) >= 11 is 6.09. The molecule has 0 radical (unpaired) electrons. The van der Waals surface area contributed by atoms with E-state index in [2.05, 4.69) is 27.7 Å². The zero-order chi connectivity index (χ0) is 14.8. The van der Waals surface area contributed by atoms with E-state index >= 15 is 0 Å². The second-order valence-electron chi connectivity index (χ2n) is 5.65. The van der Waals surface area contributed by atoms with E-state index in [9.17, 15) is 0 Å². The highest BCUT2D eigenvalue weighted by Crippen LogP contribution is 2.14. The Balaban J connectivity index is 0. The molecule has 0 N–H and O–H groups in total. The van der Waals surface area contributed by atoms with Crippen molar-refractivity contribution in [2.75, 3.05) is 0 Å². The number of rotatable bonds is 12. The summed E-state index contributed by atoms with van der Waals surface area (Å²) in [6.07, 6.45) is 17.5. The Labute approximate surface area is 128 Å². The van der Waals surface area contributed by atoms with Crippen LogP contribution >= 0.6 is 11.6 Å². The molecule has 1 heteroatoms. The van der Waals surface area contributed by atoms with Gasteiger partial charge < -0.3 is 0 Å². The van der Waals surface area contributed by atoms with E-state index in [4.69, 9.17) is 11.6 Å². The van der Waals surface area contributed by atoms with Gasteiger partial charge in [0.05, 0.1) is 0 Å². The average Bonchev–Trinajstić information content (AvgIpc) is 2.40. The summed E-state index contributed by atoms with van der Waals surface area (Å²) in [6, 6.07) is 0. The van der Waals surface area contributed by atoms with Crippen LogP contribution in [-0.2, 0) is 0 Å². The van der Waals surface area contributed by atoms with Crippen molar-refractivity contribution in [1.29, 1.82) is 0 Å². The summed E-state index contributed by atoms with van der Waals surface area (Å²) in [6.45, 7) is 8.94. The first kappa shape index (κ1) is 21.6. The second kappa shape index (κ2) is 20.6. The molecule has 118 valence electrons. The second-order valence-corrected chi connectivity index (χ2v) is 6.27. The standard InChI is InChI=1S/C11H23Cl.C7H16/c1-3-5-6-7-8-10-11(12)9-4-2;1-3-5-7-6-4-2/h11H,3-10H2,1-2H3;3-7H2,1-2H3. The Morgan fingerprint density at radius 3 is 1.37 bits per heavy atom. The summed E-state index contributed by atoms with van der Waals surface area (Å²) in [5, 5.41) is 0.441. The lowest BCUT2D eigenvalue weighted by atomic mass is 10.1.